The fourth-order valence-corrected chi connectivity index (χ4v) is 2.17. The number of anilines is 1. The summed E-state index contributed by atoms with van der Waals surface area (Å²) >= 11 is 6.76. The Hall–Kier alpha value is -0.940. The van der Waals surface area contributed by atoms with Crippen LogP contribution in [0.3, 0.4) is 0 Å². The molecular formula is C11H9Br2N3. The number of nitrogens with two attached hydrogens (primary N) is 1. The summed E-state index contributed by atoms with van der Waals surface area (Å²) in [6.07, 6.45) is 1.66. The Kier molecular flexibility index (Phi) is 3.25. The number of aromatic nitrogens is 2. The molecule has 0 radical (unpaired) electrons. The van der Waals surface area contributed by atoms with Gasteiger partial charge < -0.3 is 5.73 Å². The van der Waals surface area contributed by atoms with Crippen molar-refractivity contribution in [2.24, 2.45) is 0 Å². The number of halogens is 2. The highest BCUT2D eigenvalue weighted by atomic mass is 79.9. The van der Waals surface area contributed by atoms with Crippen LogP contribution in [0.2, 0.25) is 0 Å². The molecule has 0 aliphatic rings. The second-order valence-corrected chi connectivity index (χ2v) is 5.12. The average molecular weight is 343 g/mol. The van der Waals surface area contributed by atoms with Crippen molar-refractivity contribution in [2.45, 2.75) is 6.92 Å². The second kappa shape index (κ2) is 4.51. The van der Waals surface area contributed by atoms with Gasteiger partial charge in [-0.25, -0.2) is 9.97 Å². The van der Waals surface area contributed by atoms with Crippen LogP contribution < -0.4 is 5.73 Å². The summed E-state index contributed by atoms with van der Waals surface area (Å²) in [7, 11) is 0. The second-order valence-electron chi connectivity index (χ2n) is 3.41. The van der Waals surface area contributed by atoms with Crippen LogP contribution in [0.5, 0.6) is 0 Å². The maximum atomic E-state index is 5.72. The van der Waals surface area contributed by atoms with Crippen molar-refractivity contribution in [3.05, 3.63) is 38.9 Å². The number of nitrogen functional groups attached to an aromatic ring is 1. The van der Waals surface area contributed by atoms with Gasteiger partial charge in [-0.1, -0.05) is 22.0 Å². The van der Waals surface area contributed by atoms with E-state index < -0.39 is 0 Å². The summed E-state index contributed by atoms with van der Waals surface area (Å²) in [6, 6.07) is 6.01. The van der Waals surface area contributed by atoms with E-state index in [1.54, 1.807) is 6.20 Å². The SMILES string of the molecule is Cc1ccc(-c2ncc(Br)c(N)n2)c(Br)c1. The van der Waals surface area contributed by atoms with Gasteiger partial charge >= 0.3 is 0 Å². The van der Waals surface area contributed by atoms with Gasteiger partial charge in [0.2, 0.25) is 0 Å². The Morgan fingerprint density at radius 3 is 2.56 bits per heavy atom. The maximum Gasteiger partial charge on any atom is 0.162 e. The molecule has 0 spiro atoms. The van der Waals surface area contributed by atoms with Crippen LogP contribution in [0, 0.1) is 6.92 Å². The van der Waals surface area contributed by atoms with Gasteiger partial charge in [0.15, 0.2) is 5.82 Å². The summed E-state index contributed by atoms with van der Waals surface area (Å²) in [5, 5.41) is 0. The molecule has 0 atom stereocenters. The average Bonchev–Trinajstić information content (AvgIpc) is 2.22. The zero-order chi connectivity index (χ0) is 11.7. The molecule has 0 aliphatic heterocycles. The highest BCUT2D eigenvalue weighted by Gasteiger charge is 2.08. The number of aryl methyl sites for hydroxylation is 1. The fourth-order valence-electron chi connectivity index (χ4n) is 1.31. The van der Waals surface area contributed by atoms with Gasteiger partial charge in [0, 0.05) is 16.2 Å². The lowest BCUT2D eigenvalue weighted by atomic mass is 10.1. The molecule has 1 aromatic heterocycles. The van der Waals surface area contributed by atoms with Crippen LogP contribution in [0.1, 0.15) is 5.56 Å². The van der Waals surface area contributed by atoms with E-state index >= 15 is 0 Å². The standard InChI is InChI=1S/C11H9Br2N3/c1-6-2-3-7(8(12)4-6)11-15-5-9(13)10(14)16-11/h2-5H,1H3,(H2,14,15,16). The van der Waals surface area contributed by atoms with Crippen LogP contribution >= 0.6 is 31.9 Å². The first-order chi connectivity index (χ1) is 7.58. The zero-order valence-electron chi connectivity index (χ0n) is 8.54. The summed E-state index contributed by atoms with van der Waals surface area (Å²) < 4.78 is 1.67. The van der Waals surface area contributed by atoms with E-state index in [0.717, 1.165) is 10.0 Å². The van der Waals surface area contributed by atoms with E-state index in [-0.39, 0.29) is 0 Å². The minimum absolute atomic E-state index is 0.442. The molecule has 1 aromatic carbocycles. The molecule has 82 valence electrons. The molecule has 3 nitrogen and oxygen atoms in total. The summed E-state index contributed by atoms with van der Waals surface area (Å²) in [5.41, 5.74) is 7.84. The Morgan fingerprint density at radius 1 is 1.19 bits per heavy atom. The van der Waals surface area contributed by atoms with E-state index in [0.29, 0.717) is 16.1 Å². The van der Waals surface area contributed by atoms with Crippen LogP contribution in [-0.2, 0) is 0 Å². The third-order valence-corrected chi connectivity index (χ3v) is 3.40. The first kappa shape index (κ1) is 11.5. The third kappa shape index (κ3) is 2.25. The van der Waals surface area contributed by atoms with Crippen LogP contribution in [0.4, 0.5) is 5.82 Å². The molecule has 0 fully saturated rings. The molecule has 2 N–H and O–H groups in total. The zero-order valence-corrected chi connectivity index (χ0v) is 11.7. The molecule has 0 bridgehead atoms. The molecule has 0 unspecified atom stereocenters. The molecule has 0 aliphatic carbocycles. The van der Waals surface area contributed by atoms with Gasteiger partial charge in [0.05, 0.1) is 4.47 Å². The minimum Gasteiger partial charge on any atom is -0.383 e. The smallest absolute Gasteiger partial charge is 0.162 e. The van der Waals surface area contributed by atoms with Gasteiger partial charge in [0.25, 0.3) is 0 Å². The molecule has 1 heterocycles. The summed E-state index contributed by atoms with van der Waals surface area (Å²) in [4.78, 5) is 8.46. The molecule has 0 amide bonds. The van der Waals surface area contributed by atoms with Crippen molar-refractivity contribution in [1.29, 1.82) is 0 Å². The number of hydrogen-bond donors (Lipinski definition) is 1. The van der Waals surface area contributed by atoms with Gasteiger partial charge in [-0.2, -0.15) is 0 Å². The van der Waals surface area contributed by atoms with Crippen molar-refractivity contribution >= 4 is 37.7 Å². The van der Waals surface area contributed by atoms with Gasteiger partial charge in [-0.15, -0.1) is 0 Å². The lowest BCUT2D eigenvalue weighted by molar-refractivity contribution is 1.16. The molecule has 0 saturated carbocycles. The van der Waals surface area contributed by atoms with E-state index in [4.69, 9.17) is 5.73 Å². The quantitative estimate of drug-likeness (QED) is 0.862. The Labute approximate surface area is 110 Å². The van der Waals surface area contributed by atoms with Crippen molar-refractivity contribution in [1.82, 2.24) is 9.97 Å². The number of nitrogens with zero attached hydrogens (tertiary/aromatic N) is 2. The number of rotatable bonds is 1. The van der Waals surface area contributed by atoms with Crippen molar-refractivity contribution in [2.75, 3.05) is 5.73 Å². The fraction of sp³-hybridized carbons (Fsp3) is 0.0909. The van der Waals surface area contributed by atoms with Crippen LogP contribution in [0.15, 0.2) is 33.3 Å². The molecule has 5 heteroatoms. The Bertz CT molecular complexity index is 541. The number of benzene rings is 1. The maximum absolute atomic E-state index is 5.72. The highest BCUT2D eigenvalue weighted by molar-refractivity contribution is 9.11. The molecule has 0 saturated heterocycles. The monoisotopic (exact) mass is 341 g/mol. The van der Waals surface area contributed by atoms with Crippen LogP contribution in [-0.4, -0.2) is 9.97 Å². The summed E-state index contributed by atoms with van der Waals surface area (Å²) in [6.45, 7) is 2.03. The normalized spacial score (nSPS) is 10.4. The van der Waals surface area contributed by atoms with E-state index in [1.165, 1.54) is 5.56 Å². The van der Waals surface area contributed by atoms with Crippen molar-refractivity contribution in [3.63, 3.8) is 0 Å². The lowest BCUT2D eigenvalue weighted by Crippen LogP contribution is -1.97. The van der Waals surface area contributed by atoms with Crippen LogP contribution in [0.25, 0.3) is 11.4 Å². The minimum atomic E-state index is 0.442. The van der Waals surface area contributed by atoms with Crippen molar-refractivity contribution < 1.29 is 0 Å². The molecule has 2 rings (SSSR count). The summed E-state index contributed by atoms with van der Waals surface area (Å²) in [5.74, 6) is 1.06. The van der Waals surface area contributed by atoms with Gasteiger partial charge in [-0.3, -0.25) is 0 Å². The van der Waals surface area contributed by atoms with E-state index in [9.17, 15) is 0 Å². The van der Waals surface area contributed by atoms with Gasteiger partial charge in [-0.05, 0) is 40.5 Å². The topological polar surface area (TPSA) is 51.8 Å². The van der Waals surface area contributed by atoms with Crippen molar-refractivity contribution in [3.8, 4) is 11.4 Å². The molecular weight excluding hydrogens is 334 g/mol. The van der Waals surface area contributed by atoms with E-state index in [2.05, 4.69) is 41.8 Å². The Balaban J connectivity index is 2.54. The Morgan fingerprint density at radius 2 is 1.94 bits per heavy atom. The predicted molar refractivity (Wildman–Crippen MR) is 72.0 cm³/mol. The molecule has 16 heavy (non-hydrogen) atoms. The largest absolute Gasteiger partial charge is 0.383 e. The first-order valence-corrected chi connectivity index (χ1v) is 6.21. The lowest BCUT2D eigenvalue weighted by Gasteiger charge is -2.05. The highest BCUT2D eigenvalue weighted by Crippen LogP contribution is 2.28. The number of hydrogen-bond acceptors (Lipinski definition) is 3. The molecule has 2 aromatic rings. The van der Waals surface area contributed by atoms with Gasteiger partial charge in [0.1, 0.15) is 5.82 Å². The van der Waals surface area contributed by atoms with E-state index in [1.807, 2.05) is 25.1 Å². The first-order valence-electron chi connectivity index (χ1n) is 4.62. The third-order valence-electron chi connectivity index (χ3n) is 2.14. The predicted octanol–water partition coefficient (Wildman–Crippen LogP) is 3.56.